The van der Waals surface area contributed by atoms with Gasteiger partial charge < -0.3 is 19.9 Å². The van der Waals surface area contributed by atoms with Gasteiger partial charge in [0.2, 0.25) is 0 Å². The number of aliphatic hydroxyl groups excluding tert-OH is 1. The zero-order chi connectivity index (χ0) is 15.1. The van der Waals surface area contributed by atoms with Gasteiger partial charge >= 0.3 is 0 Å². The third kappa shape index (κ3) is 4.45. The highest BCUT2D eigenvalue weighted by atomic mass is 79.9. The van der Waals surface area contributed by atoms with Crippen LogP contribution in [0, 0.1) is 12.3 Å². The van der Waals surface area contributed by atoms with Gasteiger partial charge in [-0.1, -0.05) is 21.9 Å². The summed E-state index contributed by atoms with van der Waals surface area (Å²) in [4.78, 5) is 0. The third-order valence-corrected chi connectivity index (χ3v) is 4.23. The number of benzene rings is 1. The van der Waals surface area contributed by atoms with Crippen molar-refractivity contribution in [1.29, 1.82) is 0 Å². The number of halogens is 1. The van der Waals surface area contributed by atoms with Gasteiger partial charge in [0.25, 0.3) is 0 Å². The Morgan fingerprint density at radius 1 is 1.43 bits per heavy atom. The van der Waals surface area contributed by atoms with E-state index >= 15 is 0 Å². The van der Waals surface area contributed by atoms with Crippen LogP contribution in [0.3, 0.4) is 0 Å². The van der Waals surface area contributed by atoms with Gasteiger partial charge in [0, 0.05) is 35.3 Å². The van der Waals surface area contributed by atoms with E-state index in [1.54, 1.807) is 0 Å². The Morgan fingerprint density at radius 3 is 2.86 bits per heavy atom. The van der Waals surface area contributed by atoms with Crippen molar-refractivity contribution >= 4 is 15.9 Å². The van der Waals surface area contributed by atoms with Gasteiger partial charge in [-0.2, -0.15) is 0 Å². The topological polar surface area (TPSA) is 50.7 Å². The maximum Gasteiger partial charge on any atom is 0.148 e. The normalized spacial score (nSPS) is 17.2. The molecule has 0 spiro atoms. The summed E-state index contributed by atoms with van der Waals surface area (Å²) in [5, 5.41) is 13.2. The molecule has 0 bridgehead atoms. The van der Waals surface area contributed by atoms with Crippen LogP contribution in [0.5, 0.6) is 5.75 Å². The number of terminal acetylenes is 1. The smallest absolute Gasteiger partial charge is 0.148 e. The molecule has 1 aromatic rings. The van der Waals surface area contributed by atoms with Gasteiger partial charge in [-0.05, 0) is 31.0 Å². The average Bonchev–Trinajstić information content (AvgIpc) is 2.53. The van der Waals surface area contributed by atoms with Crippen molar-refractivity contribution < 1.29 is 14.6 Å². The van der Waals surface area contributed by atoms with Gasteiger partial charge in [-0.3, -0.25) is 0 Å². The van der Waals surface area contributed by atoms with Crippen molar-refractivity contribution in [2.24, 2.45) is 0 Å². The Kier molecular flexibility index (Phi) is 6.07. The van der Waals surface area contributed by atoms with Crippen molar-refractivity contribution in [3.05, 3.63) is 28.2 Å². The largest absolute Gasteiger partial charge is 0.481 e. The molecule has 0 atom stereocenters. The minimum Gasteiger partial charge on any atom is -0.481 e. The van der Waals surface area contributed by atoms with E-state index in [0.29, 0.717) is 19.8 Å². The second-order valence-corrected chi connectivity index (χ2v) is 6.06. The molecule has 0 aliphatic carbocycles. The summed E-state index contributed by atoms with van der Waals surface area (Å²) in [5.74, 6) is 3.24. The second-order valence-electron chi connectivity index (χ2n) is 5.15. The van der Waals surface area contributed by atoms with Crippen LogP contribution >= 0.6 is 15.9 Å². The number of nitrogens with one attached hydrogen (secondary N) is 1. The fourth-order valence-electron chi connectivity index (χ4n) is 2.38. The minimum absolute atomic E-state index is 0.102. The molecule has 0 amide bonds. The van der Waals surface area contributed by atoms with Crippen molar-refractivity contribution in [2.75, 3.05) is 26.4 Å². The molecule has 0 unspecified atom stereocenters. The fourth-order valence-corrected chi connectivity index (χ4v) is 2.79. The predicted molar refractivity (Wildman–Crippen MR) is 85.2 cm³/mol. The molecule has 1 heterocycles. The van der Waals surface area contributed by atoms with Gasteiger partial charge in [0.1, 0.15) is 12.4 Å². The highest BCUT2D eigenvalue weighted by molar-refractivity contribution is 9.10. The zero-order valence-corrected chi connectivity index (χ0v) is 13.5. The molecule has 2 rings (SSSR count). The molecule has 5 heteroatoms. The van der Waals surface area contributed by atoms with Crippen LogP contribution in [0.4, 0.5) is 0 Å². The molecule has 21 heavy (non-hydrogen) atoms. The van der Waals surface area contributed by atoms with Crippen LogP contribution in [0.15, 0.2) is 22.7 Å². The Hall–Kier alpha value is -1.06. The molecule has 0 saturated carbocycles. The number of rotatable bonds is 6. The Bertz CT molecular complexity index is 507. The Balaban J connectivity index is 2.07. The van der Waals surface area contributed by atoms with Gasteiger partial charge in [0.05, 0.1) is 6.61 Å². The summed E-state index contributed by atoms with van der Waals surface area (Å²) >= 11 is 3.47. The third-order valence-electron chi connectivity index (χ3n) is 3.74. The van der Waals surface area contributed by atoms with E-state index in [1.807, 2.05) is 18.2 Å². The van der Waals surface area contributed by atoms with Crippen LogP contribution in [0.1, 0.15) is 18.4 Å². The molecule has 1 fully saturated rings. The molecule has 114 valence electrons. The van der Waals surface area contributed by atoms with Gasteiger partial charge in [-0.25, -0.2) is 0 Å². The second kappa shape index (κ2) is 7.81. The number of ether oxygens (including phenoxy) is 2. The van der Waals surface area contributed by atoms with Gasteiger partial charge in [-0.15, -0.1) is 6.42 Å². The van der Waals surface area contributed by atoms with E-state index in [9.17, 15) is 5.11 Å². The Morgan fingerprint density at radius 2 is 2.19 bits per heavy atom. The van der Waals surface area contributed by atoms with E-state index in [0.717, 1.165) is 28.6 Å². The van der Waals surface area contributed by atoms with Crippen LogP contribution in [0.25, 0.3) is 0 Å². The lowest BCUT2D eigenvalue weighted by Crippen LogP contribution is -2.51. The van der Waals surface area contributed by atoms with Gasteiger partial charge in [0.15, 0.2) is 0 Å². The lowest BCUT2D eigenvalue weighted by Gasteiger charge is -2.36. The van der Waals surface area contributed by atoms with Crippen LogP contribution in [0.2, 0.25) is 0 Å². The first kappa shape index (κ1) is 16.3. The maximum atomic E-state index is 9.70. The van der Waals surface area contributed by atoms with E-state index in [4.69, 9.17) is 15.9 Å². The summed E-state index contributed by atoms with van der Waals surface area (Å²) < 4.78 is 11.9. The van der Waals surface area contributed by atoms with E-state index in [1.165, 1.54) is 0 Å². The summed E-state index contributed by atoms with van der Waals surface area (Å²) in [7, 11) is 0. The quantitative estimate of drug-likeness (QED) is 0.769. The molecular formula is C16H20BrNO3. The molecule has 0 radical (unpaired) electrons. The maximum absolute atomic E-state index is 9.70. The number of hydrogen-bond donors (Lipinski definition) is 2. The first-order chi connectivity index (χ1) is 10.2. The average molecular weight is 354 g/mol. The van der Waals surface area contributed by atoms with E-state index in [2.05, 4.69) is 27.2 Å². The highest BCUT2D eigenvalue weighted by Crippen LogP contribution is 2.26. The van der Waals surface area contributed by atoms with E-state index < -0.39 is 0 Å². The molecule has 1 aliphatic rings. The van der Waals surface area contributed by atoms with Crippen LogP contribution in [-0.4, -0.2) is 37.1 Å². The van der Waals surface area contributed by atoms with Crippen molar-refractivity contribution in [2.45, 2.75) is 24.9 Å². The summed E-state index contributed by atoms with van der Waals surface area (Å²) in [6, 6.07) is 5.82. The lowest BCUT2D eigenvalue weighted by atomic mass is 9.90. The van der Waals surface area contributed by atoms with Crippen LogP contribution < -0.4 is 10.1 Å². The molecular weight excluding hydrogens is 334 g/mol. The predicted octanol–water partition coefficient (Wildman–Crippen LogP) is 2.09. The molecule has 1 aromatic carbocycles. The fraction of sp³-hybridized carbons (Fsp3) is 0.500. The Labute approximate surface area is 134 Å². The summed E-state index contributed by atoms with van der Waals surface area (Å²) in [6.07, 6.45) is 6.85. The van der Waals surface area contributed by atoms with E-state index in [-0.39, 0.29) is 18.8 Å². The zero-order valence-electron chi connectivity index (χ0n) is 11.9. The number of aliphatic hydroxyl groups is 1. The minimum atomic E-state index is -0.274. The first-order valence-electron chi connectivity index (χ1n) is 6.97. The highest BCUT2D eigenvalue weighted by Gasteiger charge is 2.31. The SMILES string of the molecule is C#CCOc1ccc(Br)cc1CNC1(CO)CCOCC1. The van der Waals surface area contributed by atoms with Crippen molar-refractivity contribution in [3.63, 3.8) is 0 Å². The standard InChI is InChI=1S/C16H20BrNO3/c1-2-7-21-15-4-3-14(17)10-13(15)11-18-16(12-19)5-8-20-9-6-16/h1,3-4,10,18-19H,5-9,11-12H2. The number of hydrogen-bond acceptors (Lipinski definition) is 4. The molecule has 0 aromatic heterocycles. The molecule has 1 saturated heterocycles. The first-order valence-corrected chi connectivity index (χ1v) is 7.77. The molecule has 4 nitrogen and oxygen atoms in total. The lowest BCUT2D eigenvalue weighted by molar-refractivity contribution is 0.0111. The summed E-state index contributed by atoms with van der Waals surface area (Å²) in [5.41, 5.74) is 0.739. The molecule has 1 aliphatic heterocycles. The summed E-state index contributed by atoms with van der Waals surface area (Å²) in [6.45, 7) is 2.30. The monoisotopic (exact) mass is 353 g/mol. The van der Waals surface area contributed by atoms with Crippen molar-refractivity contribution in [3.8, 4) is 18.1 Å². The molecule has 2 N–H and O–H groups in total. The van der Waals surface area contributed by atoms with Crippen molar-refractivity contribution in [1.82, 2.24) is 5.32 Å². The van der Waals surface area contributed by atoms with Crippen LogP contribution in [-0.2, 0) is 11.3 Å².